The van der Waals surface area contributed by atoms with Crippen LogP contribution in [-0.4, -0.2) is 23.0 Å². The summed E-state index contributed by atoms with van der Waals surface area (Å²) in [5, 5.41) is 10.9. The third-order valence-corrected chi connectivity index (χ3v) is 1.19. The number of carboxylic acids is 1. The van der Waals surface area contributed by atoms with Crippen molar-refractivity contribution in [2.75, 3.05) is 0 Å². The summed E-state index contributed by atoms with van der Waals surface area (Å²) in [6.07, 6.45) is 2.91. The van der Waals surface area contributed by atoms with E-state index in [0.29, 0.717) is 0 Å². The number of carbonyl (C=O) groups excluding carboxylic acids is 1. The minimum absolute atomic E-state index is 0.0523. The molecule has 0 aromatic heterocycles. The Kier molecular flexibility index (Phi) is 4.76. The van der Waals surface area contributed by atoms with Gasteiger partial charge in [0.25, 0.3) is 0 Å². The van der Waals surface area contributed by atoms with E-state index in [1.165, 1.54) is 6.08 Å². The first-order valence-corrected chi connectivity index (χ1v) is 3.71. The first-order chi connectivity index (χ1) is 5.56. The van der Waals surface area contributed by atoms with E-state index in [2.05, 4.69) is 5.32 Å². The lowest BCUT2D eigenvalue weighted by molar-refractivity contribution is -0.137. The van der Waals surface area contributed by atoms with Crippen molar-refractivity contribution in [1.29, 1.82) is 0 Å². The molecule has 0 saturated heterocycles. The molecular weight excluding hydrogens is 158 g/mol. The summed E-state index contributed by atoms with van der Waals surface area (Å²) < 4.78 is 0. The van der Waals surface area contributed by atoms with Gasteiger partial charge in [0.05, 0.1) is 6.42 Å². The van der Waals surface area contributed by atoms with Gasteiger partial charge in [-0.25, -0.2) is 0 Å². The maximum Gasteiger partial charge on any atom is 0.305 e. The monoisotopic (exact) mass is 171 g/mol. The van der Waals surface area contributed by atoms with Crippen LogP contribution >= 0.6 is 0 Å². The van der Waals surface area contributed by atoms with Crippen LogP contribution in [0.2, 0.25) is 0 Å². The Labute approximate surface area is 71.3 Å². The zero-order chi connectivity index (χ0) is 9.56. The van der Waals surface area contributed by atoms with Crippen molar-refractivity contribution in [1.82, 2.24) is 5.32 Å². The van der Waals surface area contributed by atoms with Crippen LogP contribution in [0, 0.1) is 0 Å². The second-order valence-electron chi connectivity index (χ2n) is 2.51. The quantitative estimate of drug-likeness (QED) is 0.607. The fourth-order valence-electron chi connectivity index (χ4n) is 0.755. The molecule has 0 saturated carbocycles. The average Bonchev–Trinajstić information content (AvgIpc) is 1.84. The third kappa shape index (κ3) is 5.46. The number of hydrogen-bond acceptors (Lipinski definition) is 2. The Morgan fingerprint density at radius 1 is 1.58 bits per heavy atom. The van der Waals surface area contributed by atoms with Gasteiger partial charge in [-0.05, 0) is 19.9 Å². The molecule has 1 atom stereocenters. The normalized spacial score (nSPS) is 12.8. The van der Waals surface area contributed by atoms with Crippen molar-refractivity contribution >= 4 is 11.9 Å². The summed E-state index contributed by atoms with van der Waals surface area (Å²) in [4.78, 5) is 21.0. The SMILES string of the molecule is CC=CC(=O)NC(C)CC(=O)O. The number of hydrogen-bond donors (Lipinski definition) is 2. The van der Waals surface area contributed by atoms with Gasteiger partial charge in [-0.15, -0.1) is 0 Å². The molecule has 0 rings (SSSR count). The van der Waals surface area contributed by atoms with E-state index in [1.807, 2.05) is 0 Å². The van der Waals surface area contributed by atoms with E-state index in [-0.39, 0.29) is 18.4 Å². The number of nitrogens with one attached hydrogen (secondary N) is 1. The van der Waals surface area contributed by atoms with Gasteiger partial charge in [-0.3, -0.25) is 9.59 Å². The van der Waals surface area contributed by atoms with Gasteiger partial charge in [0.1, 0.15) is 0 Å². The van der Waals surface area contributed by atoms with E-state index in [0.717, 1.165) is 0 Å². The maximum absolute atomic E-state index is 10.8. The van der Waals surface area contributed by atoms with Gasteiger partial charge in [-0.2, -0.15) is 0 Å². The first-order valence-electron chi connectivity index (χ1n) is 3.71. The van der Waals surface area contributed by atoms with Gasteiger partial charge in [0.2, 0.25) is 5.91 Å². The van der Waals surface area contributed by atoms with Crippen molar-refractivity contribution in [3.63, 3.8) is 0 Å². The van der Waals surface area contributed by atoms with Crippen LogP contribution in [0.5, 0.6) is 0 Å². The molecule has 12 heavy (non-hydrogen) atoms. The highest BCUT2D eigenvalue weighted by molar-refractivity contribution is 5.87. The Bertz CT molecular complexity index is 198. The largest absolute Gasteiger partial charge is 0.481 e. The minimum atomic E-state index is -0.914. The molecule has 4 nitrogen and oxygen atoms in total. The second-order valence-corrected chi connectivity index (χ2v) is 2.51. The zero-order valence-corrected chi connectivity index (χ0v) is 7.20. The third-order valence-electron chi connectivity index (χ3n) is 1.19. The van der Waals surface area contributed by atoms with Gasteiger partial charge in [0.15, 0.2) is 0 Å². The highest BCUT2D eigenvalue weighted by Gasteiger charge is 2.08. The Balaban J connectivity index is 3.76. The van der Waals surface area contributed by atoms with Gasteiger partial charge in [0, 0.05) is 6.04 Å². The van der Waals surface area contributed by atoms with Crippen LogP contribution < -0.4 is 5.32 Å². The number of carboxylic acid groups (broad SMARTS) is 1. The van der Waals surface area contributed by atoms with Crippen LogP contribution in [0.3, 0.4) is 0 Å². The minimum Gasteiger partial charge on any atom is -0.481 e. The number of aliphatic carboxylic acids is 1. The Hall–Kier alpha value is -1.32. The lowest BCUT2D eigenvalue weighted by Gasteiger charge is -2.08. The molecule has 0 aromatic carbocycles. The van der Waals surface area contributed by atoms with Crippen molar-refractivity contribution < 1.29 is 14.7 Å². The van der Waals surface area contributed by atoms with Crippen LogP contribution in [-0.2, 0) is 9.59 Å². The number of carbonyl (C=O) groups is 2. The lowest BCUT2D eigenvalue weighted by atomic mass is 10.2. The van der Waals surface area contributed by atoms with E-state index in [1.54, 1.807) is 19.9 Å². The summed E-state index contributed by atoms with van der Waals surface area (Å²) in [5.74, 6) is -1.17. The second kappa shape index (κ2) is 5.35. The summed E-state index contributed by atoms with van der Waals surface area (Å²) in [6.45, 7) is 3.37. The highest BCUT2D eigenvalue weighted by Crippen LogP contribution is 1.89. The van der Waals surface area contributed by atoms with Crippen molar-refractivity contribution in [3.05, 3.63) is 12.2 Å². The molecule has 1 amide bonds. The molecule has 0 heterocycles. The van der Waals surface area contributed by atoms with Crippen molar-refractivity contribution in [3.8, 4) is 0 Å². The first kappa shape index (κ1) is 10.7. The molecule has 4 heteroatoms. The molecule has 1 unspecified atom stereocenters. The van der Waals surface area contributed by atoms with Gasteiger partial charge in [-0.1, -0.05) is 6.08 Å². The standard InChI is InChI=1S/C8H13NO3/c1-3-4-7(10)9-6(2)5-8(11)12/h3-4,6H,5H2,1-2H3,(H,9,10)(H,11,12). The highest BCUT2D eigenvalue weighted by atomic mass is 16.4. The summed E-state index contributed by atoms with van der Waals surface area (Å²) >= 11 is 0. The molecule has 0 bridgehead atoms. The Morgan fingerprint density at radius 2 is 2.17 bits per heavy atom. The topological polar surface area (TPSA) is 66.4 Å². The molecule has 0 aliphatic heterocycles. The van der Waals surface area contributed by atoms with Crippen LogP contribution in [0.1, 0.15) is 20.3 Å². The average molecular weight is 171 g/mol. The smallest absolute Gasteiger partial charge is 0.305 e. The maximum atomic E-state index is 10.8. The van der Waals surface area contributed by atoms with E-state index in [9.17, 15) is 9.59 Å². The predicted octanol–water partition coefficient (Wildman–Crippen LogP) is 0.542. The van der Waals surface area contributed by atoms with Crippen LogP contribution in [0.25, 0.3) is 0 Å². The number of rotatable bonds is 4. The zero-order valence-electron chi connectivity index (χ0n) is 7.20. The van der Waals surface area contributed by atoms with Gasteiger partial charge >= 0.3 is 5.97 Å². The Morgan fingerprint density at radius 3 is 2.58 bits per heavy atom. The van der Waals surface area contributed by atoms with Crippen molar-refractivity contribution in [2.24, 2.45) is 0 Å². The van der Waals surface area contributed by atoms with Gasteiger partial charge < -0.3 is 10.4 Å². The molecule has 2 N–H and O–H groups in total. The molecule has 0 radical (unpaired) electrons. The van der Waals surface area contributed by atoms with Crippen LogP contribution in [0.15, 0.2) is 12.2 Å². The van der Waals surface area contributed by atoms with Crippen LogP contribution in [0.4, 0.5) is 0 Å². The molecule has 0 aliphatic carbocycles. The summed E-state index contributed by atoms with van der Waals surface area (Å²) in [6, 6.07) is -0.328. The fourth-order valence-corrected chi connectivity index (χ4v) is 0.755. The molecule has 0 aliphatic rings. The number of allylic oxidation sites excluding steroid dienone is 1. The fraction of sp³-hybridized carbons (Fsp3) is 0.500. The molecule has 0 fully saturated rings. The predicted molar refractivity (Wildman–Crippen MR) is 44.7 cm³/mol. The molecule has 0 spiro atoms. The molecular formula is C8H13NO3. The summed E-state index contributed by atoms with van der Waals surface area (Å²) in [7, 11) is 0. The molecule has 0 aromatic rings. The summed E-state index contributed by atoms with van der Waals surface area (Å²) in [5.41, 5.74) is 0. The lowest BCUT2D eigenvalue weighted by Crippen LogP contribution is -2.32. The molecule has 68 valence electrons. The number of amides is 1. The van der Waals surface area contributed by atoms with E-state index in [4.69, 9.17) is 5.11 Å². The van der Waals surface area contributed by atoms with Crippen molar-refractivity contribution in [2.45, 2.75) is 26.3 Å². The van der Waals surface area contributed by atoms with E-state index < -0.39 is 5.97 Å². The van der Waals surface area contributed by atoms with E-state index >= 15 is 0 Å².